The Bertz CT molecular complexity index is 694. The van der Waals surface area contributed by atoms with E-state index in [1.54, 1.807) is 34.0 Å². The van der Waals surface area contributed by atoms with Gasteiger partial charge in [-0.15, -0.1) is 5.10 Å². The molecule has 0 saturated carbocycles. The quantitative estimate of drug-likeness (QED) is 0.840. The van der Waals surface area contributed by atoms with Crippen molar-refractivity contribution in [1.29, 1.82) is 0 Å². The number of piperidine rings is 1. The lowest BCUT2D eigenvalue weighted by Gasteiger charge is -2.32. The van der Waals surface area contributed by atoms with Gasteiger partial charge < -0.3 is 14.4 Å². The van der Waals surface area contributed by atoms with Crippen LogP contribution in [0.25, 0.3) is 0 Å². The molecule has 2 aliphatic rings. The Kier molecular flexibility index (Phi) is 4.02. The predicted octanol–water partition coefficient (Wildman–Crippen LogP) is 1.14. The van der Waals surface area contributed by atoms with Crippen LogP contribution in [0.2, 0.25) is 0 Å². The molecule has 8 heteroatoms. The SMILES string of the molecule is O=C(c1cc2n(n1)CCCO2)N1CCC[C@H](Oc2cccnn2)C1. The van der Waals surface area contributed by atoms with E-state index in [0.29, 0.717) is 37.2 Å². The van der Waals surface area contributed by atoms with Crippen LogP contribution in [0.3, 0.4) is 0 Å². The van der Waals surface area contributed by atoms with E-state index in [-0.39, 0.29) is 12.0 Å². The van der Waals surface area contributed by atoms with Gasteiger partial charge in [0.15, 0.2) is 5.69 Å². The summed E-state index contributed by atoms with van der Waals surface area (Å²) in [5.74, 6) is 1.09. The fraction of sp³-hybridized carbons (Fsp3) is 0.500. The van der Waals surface area contributed by atoms with Crippen molar-refractivity contribution in [1.82, 2.24) is 24.9 Å². The van der Waals surface area contributed by atoms with E-state index in [2.05, 4.69) is 15.3 Å². The van der Waals surface area contributed by atoms with Crippen molar-refractivity contribution in [3.8, 4) is 11.8 Å². The summed E-state index contributed by atoms with van der Waals surface area (Å²) in [6.07, 6.45) is 4.23. The molecule has 0 radical (unpaired) electrons. The molecule has 1 atom stereocenters. The largest absolute Gasteiger partial charge is 0.478 e. The van der Waals surface area contributed by atoms with Crippen LogP contribution in [0.4, 0.5) is 0 Å². The van der Waals surface area contributed by atoms with Gasteiger partial charge in [0.1, 0.15) is 6.10 Å². The highest BCUT2D eigenvalue weighted by Crippen LogP contribution is 2.22. The molecule has 1 fully saturated rings. The van der Waals surface area contributed by atoms with Crippen LogP contribution in [-0.4, -0.2) is 56.6 Å². The number of fused-ring (bicyclic) bond motifs is 1. The number of carbonyl (C=O) groups excluding carboxylic acids is 1. The maximum atomic E-state index is 12.7. The lowest BCUT2D eigenvalue weighted by Crippen LogP contribution is -2.44. The van der Waals surface area contributed by atoms with Gasteiger partial charge in [-0.2, -0.15) is 10.2 Å². The summed E-state index contributed by atoms with van der Waals surface area (Å²) in [6, 6.07) is 5.28. The van der Waals surface area contributed by atoms with Crippen molar-refractivity contribution >= 4 is 5.91 Å². The molecule has 8 nitrogen and oxygen atoms in total. The molecule has 0 unspecified atom stereocenters. The summed E-state index contributed by atoms with van der Waals surface area (Å²) in [6.45, 7) is 2.71. The average molecular weight is 329 g/mol. The summed E-state index contributed by atoms with van der Waals surface area (Å²) < 4.78 is 13.1. The maximum Gasteiger partial charge on any atom is 0.274 e. The van der Waals surface area contributed by atoms with Gasteiger partial charge in [0, 0.05) is 37.8 Å². The van der Waals surface area contributed by atoms with Gasteiger partial charge in [-0.25, -0.2) is 4.68 Å². The molecule has 1 amide bonds. The van der Waals surface area contributed by atoms with Gasteiger partial charge in [-0.05, 0) is 18.9 Å². The van der Waals surface area contributed by atoms with E-state index in [1.807, 2.05) is 0 Å². The van der Waals surface area contributed by atoms with Crippen LogP contribution in [0, 0.1) is 0 Å². The predicted molar refractivity (Wildman–Crippen MR) is 83.9 cm³/mol. The molecular formula is C16H19N5O3. The molecule has 1 saturated heterocycles. The molecule has 0 N–H and O–H groups in total. The van der Waals surface area contributed by atoms with E-state index < -0.39 is 0 Å². The smallest absolute Gasteiger partial charge is 0.274 e. The Morgan fingerprint density at radius 1 is 1.33 bits per heavy atom. The third-order valence-corrected chi connectivity index (χ3v) is 4.23. The Hall–Kier alpha value is -2.64. The number of carbonyl (C=O) groups is 1. The van der Waals surface area contributed by atoms with Crippen LogP contribution >= 0.6 is 0 Å². The monoisotopic (exact) mass is 329 g/mol. The molecule has 2 aromatic rings. The zero-order valence-electron chi connectivity index (χ0n) is 13.3. The van der Waals surface area contributed by atoms with Gasteiger partial charge >= 0.3 is 0 Å². The Morgan fingerprint density at radius 3 is 3.12 bits per heavy atom. The molecule has 2 aliphatic heterocycles. The lowest BCUT2D eigenvalue weighted by atomic mass is 10.1. The summed E-state index contributed by atoms with van der Waals surface area (Å²) in [5.41, 5.74) is 0.437. The Morgan fingerprint density at radius 2 is 2.29 bits per heavy atom. The minimum atomic E-state index is -0.0760. The highest BCUT2D eigenvalue weighted by molar-refractivity contribution is 5.92. The van der Waals surface area contributed by atoms with Gasteiger partial charge in [0.05, 0.1) is 13.2 Å². The highest BCUT2D eigenvalue weighted by Gasteiger charge is 2.28. The summed E-state index contributed by atoms with van der Waals surface area (Å²) >= 11 is 0. The lowest BCUT2D eigenvalue weighted by molar-refractivity contribution is 0.0519. The molecule has 4 rings (SSSR count). The molecule has 0 spiro atoms. The maximum absolute atomic E-state index is 12.7. The number of hydrogen-bond donors (Lipinski definition) is 0. The standard InChI is InChI=1S/C16H19N5O3/c22-16(13-10-15-21(19-13)8-3-9-23-15)20-7-2-4-12(11-20)24-14-5-1-6-17-18-14/h1,5-6,10,12H,2-4,7-9,11H2/t12-/m0/s1. The third kappa shape index (κ3) is 3.04. The highest BCUT2D eigenvalue weighted by atomic mass is 16.5. The number of ether oxygens (including phenoxy) is 2. The van der Waals surface area contributed by atoms with Gasteiger partial charge in [-0.3, -0.25) is 4.79 Å². The zero-order valence-corrected chi connectivity index (χ0v) is 13.3. The van der Waals surface area contributed by atoms with Crippen LogP contribution in [0.15, 0.2) is 24.4 Å². The second-order valence-corrected chi connectivity index (χ2v) is 5.99. The number of nitrogens with zero attached hydrogens (tertiary/aromatic N) is 5. The number of likely N-dealkylation sites (tertiary alicyclic amines) is 1. The van der Waals surface area contributed by atoms with E-state index >= 15 is 0 Å². The van der Waals surface area contributed by atoms with E-state index in [1.165, 1.54) is 0 Å². The first-order valence-electron chi connectivity index (χ1n) is 8.24. The van der Waals surface area contributed by atoms with E-state index in [4.69, 9.17) is 9.47 Å². The van der Waals surface area contributed by atoms with Crippen LogP contribution < -0.4 is 9.47 Å². The first-order valence-corrected chi connectivity index (χ1v) is 8.24. The second-order valence-electron chi connectivity index (χ2n) is 5.99. The van der Waals surface area contributed by atoms with Gasteiger partial charge in [0.2, 0.25) is 11.8 Å². The number of aryl methyl sites for hydroxylation is 1. The van der Waals surface area contributed by atoms with Crippen molar-refractivity contribution in [2.24, 2.45) is 0 Å². The molecule has 4 heterocycles. The first-order chi connectivity index (χ1) is 11.8. The number of amides is 1. The molecule has 24 heavy (non-hydrogen) atoms. The fourth-order valence-corrected chi connectivity index (χ4v) is 3.07. The molecule has 0 bridgehead atoms. The zero-order chi connectivity index (χ0) is 16.4. The van der Waals surface area contributed by atoms with Gasteiger partial charge in [0.25, 0.3) is 5.91 Å². The molecular weight excluding hydrogens is 310 g/mol. The molecule has 0 aromatic carbocycles. The number of hydrogen-bond acceptors (Lipinski definition) is 6. The minimum absolute atomic E-state index is 0.0760. The Balaban J connectivity index is 1.43. The molecule has 2 aromatic heterocycles. The van der Waals surface area contributed by atoms with Crippen molar-refractivity contribution < 1.29 is 14.3 Å². The average Bonchev–Trinajstić information content (AvgIpc) is 3.06. The van der Waals surface area contributed by atoms with Gasteiger partial charge in [-0.1, -0.05) is 0 Å². The summed E-state index contributed by atoms with van der Waals surface area (Å²) in [5, 5.41) is 12.1. The number of aromatic nitrogens is 4. The topological polar surface area (TPSA) is 82.4 Å². The van der Waals surface area contributed by atoms with E-state index in [9.17, 15) is 4.79 Å². The van der Waals surface area contributed by atoms with E-state index in [0.717, 1.165) is 25.8 Å². The third-order valence-electron chi connectivity index (χ3n) is 4.23. The summed E-state index contributed by atoms with van der Waals surface area (Å²) in [7, 11) is 0. The van der Waals surface area contributed by atoms with Crippen LogP contribution in [0.5, 0.6) is 11.8 Å². The summed E-state index contributed by atoms with van der Waals surface area (Å²) in [4.78, 5) is 14.5. The van der Waals surface area contributed by atoms with Crippen LogP contribution in [0.1, 0.15) is 29.8 Å². The normalized spacial score (nSPS) is 20.2. The van der Waals surface area contributed by atoms with Crippen molar-refractivity contribution in [3.63, 3.8) is 0 Å². The van der Waals surface area contributed by atoms with Crippen molar-refractivity contribution in [3.05, 3.63) is 30.1 Å². The second kappa shape index (κ2) is 6.46. The van der Waals surface area contributed by atoms with Crippen molar-refractivity contribution in [2.45, 2.75) is 31.9 Å². The molecule has 126 valence electrons. The minimum Gasteiger partial charge on any atom is -0.478 e. The fourth-order valence-electron chi connectivity index (χ4n) is 3.07. The number of rotatable bonds is 3. The molecule has 0 aliphatic carbocycles. The first kappa shape index (κ1) is 14.9. The Labute approximate surface area is 139 Å². The van der Waals surface area contributed by atoms with Crippen molar-refractivity contribution in [2.75, 3.05) is 19.7 Å². The van der Waals surface area contributed by atoms with Crippen LogP contribution in [-0.2, 0) is 6.54 Å².